The third-order valence-corrected chi connectivity index (χ3v) is 6.43. The van der Waals surface area contributed by atoms with E-state index in [4.69, 9.17) is 24.0 Å². The molecule has 5 heteroatoms. The minimum atomic E-state index is -0.700. The fourth-order valence-electron chi connectivity index (χ4n) is 5.23. The minimum Gasteiger partial charge on any atom is -0.353 e. The first-order valence-corrected chi connectivity index (χ1v) is 8.82. The van der Waals surface area contributed by atoms with Gasteiger partial charge in [-0.15, -0.1) is 0 Å². The van der Waals surface area contributed by atoms with Gasteiger partial charge in [-0.25, -0.2) is 9.78 Å². The fourth-order valence-corrected chi connectivity index (χ4v) is 5.23. The maximum Gasteiger partial charge on any atom is 0.201 e. The molecule has 0 aromatic heterocycles. The Balaban J connectivity index is 1.75. The first-order valence-electron chi connectivity index (χ1n) is 8.82. The minimum absolute atomic E-state index is 0.216. The number of fused-ring (bicyclic) bond motifs is 2. The molecule has 8 atom stereocenters. The Bertz CT molecular complexity index is 443. The van der Waals surface area contributed by atoms with Gasteiger partial charge < -0.3 is 14.2 Å². The Labute approximate surface area is 132 Å². The summed E-state index contributed by atoms with van der Waals surface area (Å²) in [6, 6.07) is 0. The molecule has 1 spiro atoms. The highest BCUT2D eigenvalue weighted by atomic mass is 17.3. The third-order valence-electron chi connectivity index (χ3n) is 6.43. The average molecular weight is 312 g/mol. The van der Waals surface area contributed by atoms with Gasteiger partial charge in [0.15, 0.2) is 18.2 Å². The van der Waals surface area contributed by atoms with E-state index >= 15 is 0 Å². The van der Waals surface area contributed by atoms with Crippen molar-refractivity contribution < 1.29 is 24.0 Å². The molecule has 7 unspecified atom stereocenters. The van der Waals surface area contributed by atoms with Crippen LogP contribution in [0.5, 0.6) is 0 Å². The number of ether oxygens (including phenoxy) is 3. The summed E-state index contributed by atoms with van der Waals surface area (Å²) in [6.07, 6.45) is 3.66. The van der Waals surface area contributed by atoms with E-state index in [0.29, 0.717) is 24.4 Å². The molecule has 22 heavy (non-hydrogen) atoms. The van der Waals surface area contributed by atoms with E-state index < -0.39 is 11.4 Å². The second kappa shape index (κ2) is 5.15. The lowest BCUT2D eigenvalue weighted by Gasteiger charge is -2.60. The Morgan fingerprint density at radius 1 is 1.09 bits per heavy atom. The van der Waals surface area contributed by atoms with Gasteiger partial charge in [-0.05, 0) is 44.9 Å². The molecule has 0 aromatic carbocycles. The molecule has 0 radical (unpaired) electrons. The zero-order valence-corrected chi connectivity index (χ0v) is 14.0. The zero-order valence-electron chi connectivity index (χ0n) is 14.0. The standard InChI is InChI=1S/C17H28O5/c1-5-18-14-11(3)13-7-6-10(2)12-8-9-16(4)20-15(19-14)17(12,13)22-21-16/h10-15H,5-9H2,1-4H3/t10?,11-,12?,13?,14?,15?,16?,17?/m1/s1. The van der Waals surface area contributed by atoms with Crippen LogP contribution < -0.4 is 0 Å². The third kappa shape index (κ3) is 1.96. The van der Waals surface area contributed by atoms with Crippen molar-refractivity contribution >= 4 is 0 Å². The van der Waals surface area contributed by atoms with Gasteiger partial charge in [-0.2, -0.15) is 0 Å². The molecule has 0 amide bonds. The van der Waals surface area contributed by atoms with Crippen molar-refractivity contribution in [2.75, 3.05) is 6.61 Å². The van der Waals surface area contributed by atoms with Crippen LogP contribution in [-0.2, 0) is 24.0 Å². The fraction of sp³-hybridized carbons (Fsp3) is 1.00. The average Bonchev–Trinajstić information content (AvgIpc) is 2.71. The molecule has 0 aromatic rings. The van der Waals surface area contributed by atoms with Crippen LogP contribution >= 0.6 is 0 Å². The van der Waals surface area contributed by atoms with E-state index in [1.165, 1.54) is 6.42 Å². The van der Waals surface area contributed by atoms with Crippen molar-refractivity contribution in [2.24, 2.45) is 23.7 Å². The summed E-state index contributed by atoms with van der Waals surface area (Å²) in [7, 11) is 0. The summed E-state index contributed by atoms with van der Waals surface area (Å²) < 4.78 is 18.3. The van der Waals surface area contributed by atoms with Gasteiger partial charge in [0, 0.05) is 24.9 Å². The summed E-state index contributed by atoms with van der Waals surface area (Å²) in [5, 5.41) is 0. The molecule has 0 N–H and O–H groups in total. The van der Waals surface area contributed by atoms with Gasteiger partial charge >= 0.3 is 0 Å². The molecular weight excluding hydrogens is 284 g/mol. The van der Waals surface area contributed by atoms with Crippen LogP contribution in [0.2, 0.25) is 0 Å². The van der Waals surface area contributed by atoms with Crippen LogP contribution in [0.15, 0.2) is 0 Å². The van der Waals surface area contributed by atoms with Gasteiger partial charge in [0.05, 0.1) is 0 Å². The second-order valence-electron chi connectivity index (χ2n) is 7.73. The molecule has 5 nitrogen and oxygen atoms in total. The maximum atomic E-state index is 6.25. The largest absolute Gasteiger partial charge is 0.353 e. The normalized spacial score (nSPS) is 57.3. The molecule has 2 bridgehead atoms. The van der Waals surface area contributed by atoms with Crippen molar-refractivity contribution in [3.63, 3.8) is 0 Å². The Kier molecular flexibility index (Phi) is 3.59. The quantitative estimate of drug-likeness (QED) is 0.733. The van der Waals surface area contributed by atoms with E-state index in [1.54, 1.807) is 0 Å². The molecule has 5 fully saturated rings. The first-order chi connectivity index (χ1) is 10.5. The van der Waals surface area contributed by atoms with E-state index in [0.717, 1.165) is 19.3 Å². The molecule has 5 aliphatic rings. The summed E-state index contributed by atoms with van der Waals surface area (Å²) >= 11 is 0. The van der Waals surface area contributed by atoms with E-state index in [1.807, 2.05) is 13.8 Å². The highest BCUT2D eigenvalue weighted by Crippen LogP contribution is 2.60. The van der Waals surface area contributed by atoms with Crippen LogP contribution in [0.3, 0.4) is 0 Å². The molecule has 5 rings (SSSR count). The summed E-state index contributed by atoms with van der Waals surface area (Å²) in [6.45, 7) is 9.15. The number of hydrogen-bond acceptors (Lipinski definition) is 5. The molecule has 1 saturated carbocycles. The van der Waals surface area contributed by atoms with Gasteiger partial charge in [-0.1, -0.05) is 13.8 Å². The van der Waals surface area contributed by atoms with E-state index in [-0.39, 0.29) is 18.5 Å². The van der Waals surface area contributed by atoms with Crippen molar-refractivity contribution in [3.05, 3.63) is 0 Å². The van der Waals surface area contributed by atoms with Crippen LogP contribution in [0, 0.1) is 23.7 Å². The van der Waals surface area contributed by atoms with Gasteiger partial charge in [0.1, 0.15) is 0 Å². The summed E-state index contributed by atoms with van der Waals surface area (Å²) in [5.74, 6) is 0.957. The first kappa shape index (κ1) is 15.3. The lowest BCUT2D eigenvalue weighted by molar-refractivity contribution is -0.577. The van der Waals surface area contributed by atoms with Crippen molar-refractivity contribution in [1.29, 1.82) is 0 Å². The predicted octanol–water partition coefficient (Wildman–Crippen LogP) is 3.23. The SMILES string of the molecule is CCOC1OC2OC3(C)CCC4C(C)CCC([C@H]1C)C24OO3. The van der Waals surface area contributed by atoms with E-state index in [9.17, 15) is 0 Å². The van der Waals surface area contributed by atoms with Crippen molar-refractivity contribution in [1.82, 2.24) is 0 Å². The second-order valence-corrected chi connectivity index (χ2v) is 7.73. The van der Waals surface area contributed by atoms with Crippen LogP contribution in [0.25, 0.3) is 0 Å². The van der Waals surface area contributed by atoms with Crippen LogP contribution in [-0.4, -0.2) is 30.6 Å². The highest BCUT2D eigenvalue weighted by Gasteiger charge is 2.69. The highest BCUT2D eigenvalue weighted by molar-refractivity contribution is 5.09. The lowest BCUT2D eigenvalue weighted by Crippen LogP contribution is -2.70. The van der Waals surface area contributed by atoms with Crippen LogP contribution in [0.4, 0.5) is 0 Å². The van der Waals surface area contributed by atoms with E-state index in [2.05, 4.69) is 13.8 Å². The molecule has 4 saturated heterocycles. The smallest absolute Gasteiger partial charge is 0.201 e. The maximum absolute atomic E-state index is 6.25. The number of rotatable bonds is 2. The predicted molar refractivity (Wildman–Crippen MR) is 78.5 cm³/mol. The van der Waals surface area contributed by atoms with Gasteiger partial charge in [-0.3, -0.25) is 0 Å². The monoisotopic (exact) mass is 312 g/mol. The Hall–Kier alpha value is -0.200. The lowest BCUT2D eigenvalue weighted by atomic mass is 9.58. The van der Waals surface area contributed by atoms with Crippen molar-refractivity contribution in [2.45, 2.75) is 77.3 Å². The molecule has 4 heterocycles. The van der Waals surface area contributed by atoms with Crippen LogP contribution in [0.1, 0.15) is 53.4 Å². The zero-order chi connectivity index (χ0) is 15.5. The Morgan fingerprint density at radius 2 is 1.91 bits per heavy atom. The van der Waals surface area contributed by atoms with Crippen molar-refractivity contribution in [3.8, 4) is 0 Å². The molecule has 126 valence electrons. The Morgan fingerprint density at radius 3 is 2.68 bits per heavy atom. The molecular formula is C17H28O5. The molecule has 1 aliphatic carbocycles. The summed E-state index contributed by atoms with van der Waals surface area (Å²) in [5.41, 5.74) is -0.472. The van der Waals surface area contributed by atoms with Gasteiger partial charge in [0.25, 0.3) is 0 Å². The molecule has 4 aliphatic heterocycles. The number of hydrogen-bond donors (Lipinski definition) is 0. The van der Waals surface area contributed by atoms with Gasteiger partial charge in [0.2, 0.25) is 5.79 Å². The summed E-state index contributed by atoms with van der Waals surface area (Å²) in [4.78, 5) is 11.9. The topological polar surface area (TPSA) is 46.2 Å².